The van der Waals surface area contributed by atoms with Gasteiger partial charge in [0.1, 0.15) is 11.7 Å². The summed E-state index contributed by atoms with van der Waals surface area (Å²) in [6, 6.07) is 3.07. The van der Waals surface area contributed by atoms with Crippen LogP contribution in [0.25, 0.3) is 0 Å². The molecule has 126 valence electrons. The van der Waals surface area contributed by atoms with Crippen molar-refractivity contribution in [3.63, 3.8) is 0 Å². The van der Waals surface area contributed by atoms with Crippen LogP contribution in [0.5, 0.6) is 0 Å². The summed E-state index contributed by atoms with van der Waals surface area (Å²) in [6.07, 6.45) is -0.0724. The number of benzene rings is 1. The van der Waals surface area contributed by atoms with Gasteiger partial charge in [0.15, 0.2) is 0 Å². The predicted molar refractivity (Wildman–Crippen MR) is 84.7 cm³/mol. The molecule has 0 radical (unpaired) electrons. The molecule has 0 amide bonds. The number of hydrogen-bond acceptors (Lipinski definition) is 2. The lowest BCUT2D eigenvalue weighted by Crippen LogP contribution is -2.16. The number of aryl methyl sites for hydroxylation is 1. The van der Waals surface area contributed by atoms with Crippen LogP contribution in [0, 0.1) is 18.7 Å². The first-order valence-electron chi connectivity index (χ1n) is 7.66. The van der Waals surface area contributed by atoms with Crippen LogP contribution in [0.4, 0.5) is 23.2 Å². The molecule has 2 saturated carbocycles. The van der Waals surface area contributed by atoms with Crippen LogP contribution in [0.15, 0.2) is 22.0 Å². The number of rotatable bonds is 5. The lowest BCUT2D eigenvalue weighted by atomic mass is 10.2. The van der Waals surface area contributed by atoms with E-state index in [-0.39, 0.29) is 5.69 Å². The Morgan fingerprint density at radius 2 is 1.96 bits per heavy atom. The highest BCUT2D eigenvalue weighted by Gasteiger charge is 2.31. The second-order valence-corrected chi connectivity index (χ2v) is 7.16. The van der Waals surface area contributed by atoms with Crippen LogP contribution in [0.3, 0.4) is 0 Å². The van der Waals surface area contributed by atoms with Gasteiger partial charge in [-0.1, -0.05) is 0 Å². The number of aliphatic imine (C=N–C) groups is 1. The molecule has 2 aliphatic carbocycles. The Balaban J connectivity index is 1.77. The van der Waals surface area contributed by atoms with E-state index < -0.39 is 17.7 Å². The average Bonchev–Trinajstić information content (AvgIpc) is 3.32. The lowest BCUT2D eigenvalue weighted by molar-refractivity contribution is -0.105. The first-order valence-corrected chi connectivity index (χ1v) is 8.65. The van der Waals surface area contributed by atoms with Crippen molar-refractivity contribution in [3.8, 4) is 0 Å². The lowest BCUT2D eigenvalue weighted by Gasteiger charge is -2.14. The van der Waals surface area contributed by atoms with Gasteiger partial charge >= 0.3 is 6.18 Å². The van der Waals surface area contributed by atoms with Gasteiger partial charge in [-0.25, -0.2) is 4.39 Å². The molecule has 0 spiro atoms. The zero-order chi connectivity index (χ0) is 16.6. The van der Waals surface area contributed by atoms with Crippen molar-refractivity contribution in [2.75, 3.05) is 11.1 Å². The van der Waals surface area contributed by atoms with Crippen molar-refractivity contribution < 1.29 is 17.6 Å². The van der Waals surface area contributed by atoms with Gasteiger partial charge in [0.05, 0.1) is 17.5 Å². The van der Waals surface area contributed by atoms with E-state index in [2.05, 4.69) is 10.3 Å². The molecule has 1 aromatic carbocycles. The van der Waals surface area contributed by atoms with Gasteiger partial charge in [-0.2, -0.15) is 13.2 Å². The van der Waals surface area contributed by atoms with E-state index in [9.17, 15) is 17.6 Å². The van der Waals surface area contributed by atoms with Crippen LogP contribution >= 0.6 is 11.8 Å². The van der Waals surface area contributed by atoms with Crippen molar-refractivity contribution in [2.45, 2.75) is 49.7 Å². The zero-order valence-corrected chi connectivity index (χ0v) is 13.5. The maximum absolute atomic E-state index is 14.2. The fraction of sp³-hybridized carbons (Fsp3) is 0.562. The summed E-state index contributed by atoms with van der Waals surface area (Å²) in [7, 11) is 0. The van der Waals surface area contributed by atoms with Crippen molar-refractivity contribution in [1.29, 1.82) is 0 Å². The highest BCUT2D eigenvalue weighted by atomic mass is 32.2. The average molecular weight is 346 g/mol. The molecule has 0 aliphatic heterocycles. The molecular weight excluding hydrogens is 328 g/mol. The number of anilines is 1. The summed E-state index contributed by atoms with van der Waals surface area (Å²) < 4.78 is 51.3. The summed E-state index contributed by atoms with van der Waals surface area (Å²) in [4.78, 5) is 5.01. The number of nitrogens with zero attached hydrogens (tertiary/aromatic N) is 1. The SMILES string of the molecule is Cc1cc(F)c(NC(=NC2CC2)C2CC2)cc1SCC(F)(F)F. The smallest absolute Gasteiger partial charge is 0.341 e. The third kappa shape index (κ3) is 4.86. The highest BCUT2D eigenvalue weighted by molar-refractivity contribution is 7.99. The second kappa shape index (κ2) is 6.34. The Morgan fingerprint density at radius 3 is 2.52 bits per heavy atom. The van der Waals surface area contributed by atoms with E-state index in [1.54, 1.807) is 6.92 Å². The molecule has 1 N–H and O–H groups in total. The molecule has 1 aromatic rings. The zero-order valence-electron chi connectivity index (χ0n) is 12.7. The highest BCUT2D eigenvalue weighted by Crippen LogP contribution is 2.36. The van der Waals surface area contributed by atoms with Crippen LogP contribution in [-0.2, 0) is 0 Å². The maximum atomic E-state index is 14.2. The van der Waals surface area contributed by atoms with E-state index in [1.807, 2.05) is 0 Å². The molecule has 23 heavy (non-hydrogen) atoms. The number of nitrogens with one attached hydrogen (secondary N) is 1. The molecule has 3 rings (SSSR count). The minimum absolute atomic E-state index is 0.214. The van der Waals surface area contributed by atoms with Crippen molar-refractivity contribution >= 4 is 23.3 Å². The Labute approximate surface area is 136 Å². The molecule has 2 aliphatic rings. The number of halogens is 4. The van der Waals surface area contributed by atoms with E-state index in [4.69, 9.17) is 0 Å². The van der Waals surface area contributed by atoms with Gasteiger partial charge in [-0.15, -0.1) is 11.8 Å². The topological polar surface area (TPSA) is 24.4 Å². The quantitative estimate of drug-likeness (QED) is 0.344. The molecular formula is C16H18F4N2S. The third-order valence-corrected chi connectivity index (χ3v) is 4.97. The van der Waals surface area contributed by atoms with E-state index in [0.29, 0.717) is 34.2 Å². The van der Waals surface area contributed by atoms with E-state index in [1.165, 1.54) is 12.1 Å². The Hall–Kier alpha value is -1.24. The standard InChI is InChI=1S/C16H18F4N2S/c1-9-6-12(17)13(7-14(9)23-8-16(18,19)20)22-15(10-2-3-10)21-11-4-5-11/h6-7,10-11H,2-5,8H2,1H3,(H,21,22). The molecule has 2 fully saturated rings. The van der Waals surface area contributed by atoms with Crippen molar-refractivity contribution in [1.82, 2.24) is 0 Å². The summed E-state index contributed by atoms with van der Waals surface area (Å²) >= 11 is 0.683. The van der Waals surface area contributed by atoms with Crippen molar-refractivity contribution in [2.24, 2.45) is 10.9 Å². The first kappa shape index (κ1) is 16.6. The van der Waals surface area contributed by atoms with Crippen LogP contribution in [-0.4, -0.2) is 23.8 Å². The summed E-state index contributed by atoms with van der Waals surface area (Å²) in [5.41, 5.74) is 0.723. The minimum Gasteiger partial charge on any atom is -0.341 e. The van der Waals surface area contributed by atoms with Crippen molar-refractivity contribution in [3.05, 3.63) is 23.5 Å². The van der Waals surface area contributed by atoms with Gasteiger partial charge in [0.25, 0.3) is 0 Å². The molecule has 0 bridgehead atoms. The van der Waals surface area contributed by atoms with Gasteiger partial charge in [-0.05, 0) is 50.3 Å². The molecule has 0 aromatic heterocycles. The molecule has 0 saturated heterocycles. The van der Waals surface area contributed by atoms with Gasteiger partial charge < -0.3 is 5.32 Å². The Morgan fingerprint density at radius 1 is 1.26 bits per heavy atom. The van der Waals surface area contributed by atoms with Crippen LogP contribution < -0.4 is 5.32 Å². The maximum Gasteiger partial charge on any atom is 0.398 e. The second-order valence-electron chi connectivity index (χ2n) is 6.15. The van der Waals surface area contributed by atoms with Crippen LogP contribution in [0.1, 0.15) is 31.2 Å². The number of alkyl halides is 3. The Kier molecular flexibility index (Phi) is 4.58. The normalized spacial score (nSPS) is 19.1. The predicted octanol–water partition coefficient (Wildman–Crippen LogP) is 5.17. The van der Waals surface area contributed by atoms with Gasteiger partial charge in [0.2, 0.25) is 0 Å². The van der Waals surface area contributed by atoms with Gasteiger partial charge in [0, 0.05) is 10.8 Å². The minimum atomic E-state index is -4.24. The first-order chi connectivity index (χ1) is 10.8. The molecule has 2 nitrogen and oxygen atoms in total. The largest absolute Gasteiger partial charge is 0.398 e. The molecule has 7 heteroatoms. The summed E-state index contributed by atoms with van der Waals surface area (Å²) in [6.45, 7) is 1.62. The number of hydrogen-bond donors (Lipinski definition) is 1. The monoisotopic (exact) mass is 346 g/mol. The number of amidine groups is 1. The van der Waals surface area contributed by atoms with Crippen LogP contribution in [0.2, 0.25) is 0 Å². The summed E-state index contributed by atoms with van der Waals surface area (Å²) in [5.74, 6) is -0.322. The van der Waals surface area contributed by atoms with E-state index in [0.717, 1.165) is 31.5 Å². The fourth-order valence-electron chi connectivity index (χ4n) is 2.20. The molecule has 0 heterocycles. The summed E-state index contributed by atoms with van der Waals surface area (Å²) in [5, 5.41) is 3.03. The molecule has 0 unspecified atom stereocenters. The van der Waals surface area contributed by atoms with E-state index >= 15 is 0 Å². The third-order valence-electron chi connectivity index (χ3n) is 3.75. The van der Waals surface area contributed by atoms with Gasteiger partial charge in [-0.3, -0.25) is 4.99 Å². The Bertz CT molecular complexity index is 619. The molecule has 0 atom stereocenters. The fourth-order valence-corrected chi connectivity index (χ4v) is 3.01. The number of thioether (sulfide) groups is 1.